The van der Waals surface area contributed by atoms with Crippen molar-refractivity contribution in [2.75, 3.05) is 0 Å². The minimum absolute atomic E-state index is 0.892. The maximum atomic E-state index is 5.32. The van der Waals surface area contributed by atoms with Gasteiger partial charge in [0.15, 0.2) is 0 Å². The second-order valence-electron chi connectivity index (χ2n) is 11.3. The molecule has 4 nitrogen and oxygen atoms in total. The van der Waals surface area contributed by atoms with Crippen molar-refractivity contribution in [2.24, 2.45) is 0 Å². The van der Waals surface area contributed by atoms with Gasteiger partial charge in [-0.1, -0.05) is 60.7 Å². The molecule has 2 aromatic carbocycles. The summed E-state index contributed by atoms with van der Waals surface area (Å²) >= 11 is 3.39. The van der Waals surface area contributed by atoms with Crippen molar-refractivity contribution in [1.82, 2.24) is 19.9 Å². The smallest absolute Gasteiger partial charge is 0.0738 e. The third kappa shape index (κ3) is 4.58. The highest BCUT2D eigenvalue weighted by molar-refractivity contribution is 7.08. The number of benzene rings is 2. The molecule has 0 aliphatic carbocycles. The number of fused-ring (bicyclic) bond motifs is 8. The molecule has 2 aliphatic heterocycles. The van der Waals surface area contributed by atoms with Gasteiger partial charge in [-0.25, -0.2) is 9.97 Å². The summed E-state index contributed by atoms with van der Waals surface area (Å²) in [6, 6.07) is 34.1. The molecule has 7 aromatic rings. The van der Waals surface area contributed by atoms with Gasteiger partial charge in [0, 0.05) is 44.3 Å². The molecule has 0 saturated heterocycles. The third-order valence-electron chi connectivity index (χ3n) is 8.50. The minimum Gasteiger partial charge on any atom is -0.354 e. The van der Waals surface area contributed by atoms with E-state index >= 15 is 0 Å². The van der Waals surface area contributed by atoms with E-state index in [1.54, 1.807) is 22.7 Å². The first-order valence-corrected chi connectivity index (χ1v) is 17.0. The molecule has 0 fully saturated rings. The number of aromatic nitrogens is 4. The van der Waals surface area contributed by atoms with Crippen LogP contribution in [0.1, 0.15) is 22.8 Å². The summed E-state index contributed by atoms with van der Waals surface area (Å²) in [5, 5.41) is 8.65. The highest BCUT2D eigenvalue weighted by atomic mass is 32.1. The number of nitrogens with zero attached hydrogens (tertiary/aromatic N) is 2. The van der Waals surface area contributed by atoms with Gasteiger partial charge in [-0.2, -0.15) is 22.7 Å². The molecule has 5 aromatic heterocycles. The van der Waals surface area contributed by atoms with Crippen molar-refractivity contribution >= 4 is 69.0 Å². The van der Waals surface area contributed by atoms with E-state index in [1.807, 2.05) is 6.07 Å². The van der Waals surface area contributed by atoms with Gasteiger partial charge in [-0.3, -0.25) is 0 Å². The molecule has 0 radical (unpaired) electrons. The van der Waals surface area contributed by atoms with E-state index in [2.05, 4.69) is 147 Å². The fourth-order valence-electron chi connectivity index (χ4n) is 6.44. The molecule has 2 aliphatic rings. The van der Waals surface area contributed by atoms with Crippen LogP contribution in [0.3, 0.4) is 0 Å². The topological polar surface area (TPSA) is 57.4 Å². The predicted octanol–water partition coefficient (Wildman–Crippen LogP) is 11.4. The molecular weight excluding hydrogens is 601 g/mol. The summed E-state index contributed by atoms with van der Waals surface area (Å²) in [5.41, 5.74) is 16.5. The molecule has 2 N–H and O–H groups in total. The lowest BCUT2D eigenvalue weighted by atomic mass is 10.0. The van der Waals surface area contributed by atoms with Crippen LogP contribution in [0, 0.1) is 0 Å². The number of hydrogen-bond acceptors (Lipinski definition) is 4. The van der Waals surface area contributed by atoms with Gasteiger partial charge in [-0.05, 0) is 104 Å². The molecule has 6 heteroatoms. The Hall–Kier alpha value is -5.56. The molecule has 0 atom stereocenters. The lowest BCUT2D eigenvalue weighted by molar-refractivity contribution is 1.28. The van der Waals surface area contributed by atoms with Crippen LogP contribution in [0.5, 0.6) is 0 Å². The Labute approximate surface area is 273 Å². The van der Waals surface area contributed by atoms with Crippen molar-refractivity contribution in [2.45, 2.75) is 0 Å². The summed E-state index contributed by atoms with van der Waals surface area (Å²) in [4.78, 5) is 18.2. The fraction of sp³-hybridized carbons (Fsp3) is 0. The van der Waals surface area contributed by atoms with Crippen LogP contribution in [0.2, 0.25) is 0 Å². The molecule has 0 spiro atoms. The van der Waals surface area contributed by atoms with Gasteiger partial charge in [0.25, 0.3) is 0 Å². The first-order valence-electron chi connectivity index (χ1n) is 15.1. The lowest BCUT2D eigenvalue weighted by Gasteiger charge is -2.06. The van der Waals surface area contributed by atoms with E-state index in [0.29, 0.717) is 0 Å². The summed E-state index contributed by atoms with van der Waals surface area (Å²) in [6.07, 6.45) is 8.52. The van der Waals surface area contributed by atoms with Gasteiger partial charge in [0.2, 0.25) is 0 Å². The minimum atomic E-state index is 0.892. The molecule has 0 unspecified atom stereocenters. The number of H-pyrrole nitrogens is 2. The number of aromatic amines is 2. The molecule has 9 rings (SSSR count). The SMILES string of the molecule is C1=Cc2nc1c(-c1ccccc1)c1nc(c(-c3ccsc3)c3ccc([nH]3)c(-c3ccsc3)c3ccc([nH]3)c2-c2ccccc2)C=C1. The van der Waals surface area contributed by atoms with Crippen LogP contribution in [0.4, 0.5) is 0 Å². The van der Waals surface area contributed by atoms with Crippen LogP contribution < -0.4 is 0 Å². The lowest BCUT2D eigenvalue weighted by Crippen LogP contribution is -1.90. The molecule has 7 heterocycles. The Morgan fingerprint density at radius 2 is 0.761 bits per heavy atom. The van der Waals surface area contributed by atoms with Crippen molar-refractivity contribution < 1.29 is 0 Å². The van der Waals surface area contributed by atoms with Crippen molar-refractivity contribution in [3.8, 4) is 44.5 Å². The summed E-state index contributed by atoms with van der Waals surface area (Å²) in [5.74, 6) is 0. The molecule has 8 bridgehead atoms. The van der Waals surface area contributed by atoms with E-state index in [1.165, 1.54) is 0 Å². The van der Waals surface area contributed by atoms with E-state index < -0.39 is 0 Å². The fourth-order valence-corrected chi connectivity index (χ4v) is 7.74. The molecule has 0 saturated carbocycles. The van der Waals surface area contributed by atoms with Crippen LogP contribution in [0.25, 0.3) is 90.9 Å². The van der Waals surface area contributed by atoms with Gasteiger partial charge in [0.05, 0.1) is 22.8 Å². The van der Waals surface area contributed by atoms with Gasteiger partial charge in [-0.15, -0.1) is 0 Å². The zero-order valence-electron chi connectivity index (χ0n) is 24.6. The van der Waals surface area contributed by atoms with Crippen LogP contribution in [-0.2, 0) is 0 Å². The average molecular weight is 627 g/mol. The Kier molecular flexibility index (Phi) is 6.47. The third-order valence-corrected chi connectivity index (χ3v) is 9.86. The standard InChI is InChI=1S/C40H26N4S2/c1-3-7-25(8-4-1)37-29-11-12-30(41-29)38(26-9-5-2-6-10-26)32-14-16-34(43-32)40(28-20-22-46-24-28)36-18-17-35(44-36)39(27-19-21-45-23-27)33-15-13-31(37)42-33/h1-24,42,44H. The van der Waals surface area contributed by atoms with Crippen molar-refractivity contribution in [3.63, 3.8) is 0 Å². The first-order chi connectivity index (χ1) is 22.8. The maximum Gasteiger partial charge on any atom is 0.0738 e. The Morgan fingerprint density at radius 3 is 1.22 bits per heavy atom. The molecule has 46 heavy (non-hydrogen) atoms. The van der Waals surface area contributed by atoms with Gasteiger partial charge >= 0.3 is 0 Å². The first kappa shape index (κ1) is 26.8. The number of hydrogen-bond donors (Lipinski definition) is 2. The predicted molar refractivity (Wildman–Crippen MR) is 196 cm³/mol. The molecule has 218 valence electrons. The molecular formula is C40H26N4S2. The normalized spacial score (nSPS) is 12.2. The van der Waals surface area contributed by atoms with Crippen LogP contribution >= 0.6 is 22.7 Å². The number of thiophene rings is 2. The number of nitrogens with one attached hydrogen (secondary N) is 2. The Balaban J connectivity index is 1.49. The summed E-state index contributed by atoms with van der Waals surface area (Å²) in [6.45, 7) is 0. The zero-order chi connectivity index (χ0) is 30.5. The highest BCUT2D eigenvalue weighted by Crippen LogP contribution is 2.38. The number of rotatable bonds is 4. The van der Waals surface area contributed by atoms with E-state index in [9.17, 15) is 0 Å². The second-order valence-corrected chi connectivity index (χ2v) is 12.8. The van der Waals surface area contributed by atoms with E-state index in [0.717, 1.165) is 89.4 Å². The van der Waals surface area contributed by atoms with Crippen molar-refractivity contribution in [3.05, 3.63) is 141 Å². The maximum absolute atomic E-state index is 5.32. The van der Waals surface area contributed by atoms with Crippen LogP contribution in [0.15, 0.2) is 119 Å². The summed E-state index contributed by atoms with van der Waals surface area (Å²) < 4.78 is 0. The van der Waals surface area contributed by atoms with Gasteiger partial charge < -0.3 is 9.97 Å². The van der Waals surface area contributed by atoms with E-state index in [4.69, 9.17) is 9.97 Å². The van der Waals surface area contributed by atoms with Gasteiger partial charge in [0.1, 0.15) is 0 Å². The largest absolute Gasteiger partial charge is 0.354 e. The zero-order valence-corrected chi connectivity index (χ0v) is 26.2. The summed E-state index contributed by atoms with van der Waals surface area (Å²) in [7, 11) is 0. The monoisotopic (exact) mass is 626 g/mol. The average Bonchev–Trinajstić information content (AvgIpc) is 3.93. The Morgan fingerprint density at radius 1 is 0.370 bits per heavy atom. The van der Waals surface area contributed by atoms with Crippen LogP contribution in [-0.4, -0.2) is 19.9 Å². The molecule has 0 amide bonds. The highest BCUT2D eigenvalue weighted by Gasteiger charge is 2.19. The Bertz CT molecular complexity index is 2450. The van der Waals surface area contributed by atoms with Crippen molar-refractivity contribution in [1.29, 1.82) is 0 Å². The quantitative estimate of drug-likeness (QED) is 0.204. The second kappa shape index (κ2) is 11.1. The van der Waals surface area contributed by atoms with E-state index in [-0.39, 0.29) is 0 Å².